The van der Waals surface area contributed by atoms with Crippen molar-refractivity contribution >= 4 is 22.8 Å². The lowest BCUT2D eigenvalue weighted by Crippen LogP contribution is -2.36. The van der Waals surface area contributed by atoms with Gasteiger partial charge in [0.15, 0.2) is 0 Å². The van der Waals surface area contributed by atoms with Gasteiger partial charge in [-0.05, 0) is 30.0 Å². The van der Waals surface area contributed by atoms with Crippen LogP contribution in [0.4, 0.5) is 0 Å². The van der Waals surface area contributed by atoms with Gasteiger partial charge in [0.2, 0.25) is 11.0 Å². The van der Waals surface area contributed by atoms with Crippen LogP contribution in [0.3, 0.4) is 0 Å². The summed E-state index contributed by atoms with van der Waals surface area (Å²) < 4.78 is 0. The summed E-state index contributed by atoms with van der Waals surface area (Å²) in [5.74, 6) is -0.180. The summed E-state index contributed by atoms with van der Waals surface area (Å²) in [6.45, 7) is 5.18. The predicted molar refractivity (Wildman–Crippen MR) is 101 cm³/mol. The Morgan fingerprint density at radius 3 is 2.12 bits per heavy atom. The van der Waals surface area contributed by atoms with E-state index in [1.54, 1.807) is 6.92 Å². The third-order valence-corrected chi connectivity index (χ3v) is 4.83. The van der Waals surface area contributed by atoms with Crippen LogP contribution >= 0.6 is 11.8 Å². The molecule has 0 saturated heterocycles. The van der Waals surface area contributed by atoms with E-state index in [4.69, 9.17) is 0 Å². The molecular weight excluding hydrogens is 318 g/mol. The third-order valence-electron chi connectivity index (χ3n) is 3.67. The maximum Gasteiger partial charge on any atom is 0.217 e. The highest BCUT2D eigenvalue weighted by Crippen LogP contribution is 2.22. The van der Waals surface area contributed by atoms with Gasteiger partial charge in [-0.25, -0.2) is 0 Å². The molecule has 0 radical (unpaired) electrons. The van der Waals surface area contributed by atoms with Crippen molar-refractivity contribution in [3.63, 3.8) is 0 Å². The number of carbonyl (C=O) groups is 2. The summed E-state index contributed by atoms with van der Waals surface area (Å²) in [6.07, 6.45) is 0.818. The molecule has 2 rings (SSSR count). The van der Waals surface area contributed by atoms with Crippen LogP contribution in [0.25, 0.3) is 11.1 Å². The van der Waals surface area contributed by atoms with Crippen molar-refractivity contribution in [3.05, 3.63) is 60.2 Å². The minimum Gasteiger partial charge on any atom is -0.346 e. The summed E-state index contributed by atoms with van der Waals surface area (Å²) in [6, 6.07) is 18.3. The van der Waals surface area contributed by atoms with E-state index in [-0.39, 0.29) is 16.3 Å². The number of amides is 1. The molecule has 0 aromatic heterocycles. The Labute approximate surface area is 147 Å². The molecule has 0 heterocycles. The minimum absolute atomic E-state index is 0.00129. The van der Waals surface area contributed by atoms with E-state index in [1.165, 1.54) is 35.4 Å². The van der Waals surface area contributed by atoms with Crippen molar-refractivity contribution in [2.24, 2.45) is 0 Å². The predicted octanol–water partition coefficient (Wildman–Crippen LogP) is 4.07. The van der Waals surface area contributed by atoms with Gasteiger partial charge in [0.25, 0.3) is 0 Å². The first-order valence-electron chi connectivity index (χ1n) is 8.07. The summed E-state index contributed by atoms with van der Waals surface area (Å²) in [5.41, 5.74) is 3.59. The first-order valence-corrected chi connectivity index (χ1v) is 8.95. The van der Waals surface area contributed by atoms with Crippen molar-refractivity contribution in [2.45, 2.75) is 38.5 Å². The zero-order valence-electron chi connectivity index (χ0n) is 14.3. The van der Waals surface area contributed by atoms with Gasteiger partial charge in [-0.3, -0.25) is 9.59 Å². The monoisotopic (exact) mass is 341 g/mol. The second-order valence-corrected chi connectivity index (χ2v) is 7.38. The zero-order chi connectivity index (χ0) is 17.5. The highest BCUT2D eigenvalue weighted by Gasteiger charge is 2.17. The molecule has 2 aromatic rings. The van der Waals surface area contributed by atoms with Gasteiger partial charge in [0, 0.05) is 12.2 Å². The summed E-state index contributed by atoms with van der Waals surface area (Å²) >= 11 is 1.29. The van der Waals surface area contributed by atoms with E-state index in [2.05, 4.69) is 41.7 Å². The lowest BCUT2D eigenvalue weighted by molar-refractivity contribution is -0.122. The Morgan fingerprint density at radius 1 is 0.958 bits per heavy atom. The SMILES string of the molecule is CC(=O)N[C@H](C)C(=O)S[C@@H](C)Cc1ccc(-c2ccccc2)cc1. The van der Waals surface area contributed by atoms with Gasteiger partial charge < -0.3 is 5.32 Å². The van der Waals surface area contributed by atoms with Crippen LogP contribution < -0.4 is 5.32 Å². The summed E-state index contributed by atoms with van der Waals surface area (Å²) in [4.78, 5) is 23.1. The van der Waals surface area contributed by atoms with Crippen molar-refractivity contribution in [3.8, 4) is 11.1 Å². The Morgan fingerprint density at radius 2 is 1.54 bits per heavy atom. The number of benzene rings is 2. The van der Waals surface area contributed by atoms with Crippen LogP contribution in [0.15, 0.2) is 54.6 Å². The maximum absolute atomic E-state index is 12.1. The average Bonchev–Trinajstić information content (AvgIpc) is 2.55. The minimum atomic E-state index is -0.449. The third kappa shape index (κ3) is 5.53. The molecule has 0 bridgehead atoms. The lowest BCUT2D eigenvalue weighted by Gasteiger charge is -2.15. The Bertz CT molecular complexity index is 683. The second-order valence-electron chi connectivity index (χ2n) is 5.94. The Hall–Kier alpha value is -2.07. The molecule has 0 saturated carbocycles. The topological polar surface area (TPSA) is 46.2 Å². The molecular formula is C20H23NO2S. The zero-order valence-corrected chi connectivity index (χ0v) is 15.1. The highest BCUT2D eigenvalue weighted by molar-refractivity contribution is 8.14. The molecule has 0 unspecified atom stereocenters. The van der Waals surface area contributed by atoms with Gasteiger partial charge >= 0.3 is 0 Å². The molecule has 0 fully saturated rings. The van der Waals surface area contributed by atoms with Gasteiger partial charge in [0.1, 0.15) is 0 Å². The first-order chi connectivity index (χ1) is 11.5. The molecule has 0 aliphatic carbocycles. The van der Waals surface area contributed by atoms with Crippen molar-refractivity contribution in [2.75, 3.05) is 0 Å². The van der Waals surface area contributed by atoms with E-state index in [9.17, 15) is 9.59 Å². The number of hydrogen-bond donors (Lipinski definition) is 1. The van der Waals surface area contributed by atoms with E-state index in [0.29, 0.717) is 0 Å². The van der Waals surface area contributed by atoms with Crippen LogP contribution in [0.2, 0.25) is 0 Å². The fourth-order valence-corrected chi connectivity index (χ4v) is 3.44. The highest BCUT2D eigenvalue weighted by atomic mass is 32.2. The lowest BCUT2D eigenvalue weighted by atomic mass is 10.0. The van der Waals surface area contributed by atoms with E-state index in [1.807, 2.05) is 25.1 Å². The molecule has 3 nitrogen and oxygen atoms in total. The molecule has 126 valence electrons. The number of rotatable bonds is 6. The first kappa shape index (κ1) is 18.3. The van der Waals surface area contributed by atoms with Crippen LogP contribution in [-0.2, 0) is 16.0 Å². The van der Waals surface area contributed by atoms with Crippen LogP contribution in [-0.4, -0.2) is 22.3 Å². The quantitative estimate of drug-likeness (QED) is 0.861. The number of hydrogen-bond acceptors (Lipinski definition) is 3. The van der Waals surface area contributed by atoms with Gasteiger partial charge in [-0.2, -0.15) is 0 Å². The summed E-state index contributed by atoms with van der Waals surface area (Å²) in [7, 11) is 0. The molecule has 1 N–H and O–H groups in total. The Balaban J connectivity index is 1.91. The molecule has 0 aliphatic rings. The smallest absolute Gasteiger partial charge is 0.217 e. The van der Waals surface area contributed by atoms with Crippen LogP contribution in [0.5, 0.6) is 0 Å². The number of nitrogens with one attached hydrogen (secondary N) is 1. The van der Waals surface area contributed by atoms with Crippen molar-refractivity contribution in [1.29, 1.82) is 0 Å². The van der Waals surface area contributed by atoms with E-state index < -0.39 is 6.04 Å². The molecule has 0 spiro atoms. The standard InChI is InChI=1S/C20H23NO2S/c1-14(24-20(23)15(2)21-16(3)22)13-17-9-11-19(12-10-17)18-7-5-4-6-8-18/h4-12,14-15H,13H2,1-3H3,(H,21,22)/t14-,15+/m0/s1. The molecule has 2 atom stereocenters. The molecule has 4 heteroatoms. The maximum atomic E-state index is 12.1. The molecule has 1 amide bonds. The van der Waals surface area contributed by atoms with Gasteiger partial charge in [0.05, 0.1) is 6.04 Å². The van der Waals surface area contributed by atoms with Crippen LogP contribution in [0, 0.1) is 0 Å². The molecule has 0 aliphatic heterocycles. The van der Waals surface area contributed by atoms with Crippen molar-refractivity contribution < 1.29 is 9.59 Å². The second kappa shape index (κ2) is 8.69. The Kier molecular flexibility index (Phi) is 6.62. The summed E-state index contributed by atoms with van der Waals surface area (Å²) in [5, 5.41) is 2.79. The van der Waals surface area contributed by atoms with E-state index >= 15 is 0 Å². The van der Waals surface area contributed by atoms with Crippen molar-refractivity contribution in [1.82, 2.24) is 5.32 Å². The molecule has 24 heavy (non-hydrogen) atoms. The molecule has 2 aromatic carbocycles. The largest absolute Gasteiger partial charge is 0.346 e. The fraction of sp³-hybridized carbons (Fsp3) is 0.300. The fourth-order valence-electron chi connectivity index (χ4n) is 2.50. The number of carbonyl (C=O) groups excluding carboxylic acids is 2. The van der Waals surface area contributed by atoms with Crippen LogP contribution in [0.1, 0.15) is 26.3 Å². The normalized spacial score (nSPS) is 13.1. The van der Waals surface area contributed by atoms with Gasteiger partial charge in [-0.15, -0.1) is 0 Å². The number of thioether (sulfide) groups is 1. The van der Waals surface area contributed by atoms with E-state index in [0.717, 1.165) is 6.42 Å². The average molecular weight is 341 g/mol. The van der Waals surface area contributed by atoms with Gasteiger partial charge in [-0.1, -0.05) is 73.3 Å².